The number of carbonyl (C=O) groups excluding carboxylic acids is 1. The summed E-state index contributed by atoms with van der Waals surface area (Å²) in [5, 5.41) is 8.42. The van der Waals surface area contributed by atoms with Crippen LogP contribution in [0.3, 0.4) is 0 Å². The zero-order valence-corrected chi connectivity index (χ0v) is 18.3. The predicted molar refractivity (Wildman–Crippen MR) is 123 cm³/mol. The number of nitrogens with one attached hydrogen (secondary N) is 3. The first-order valence-electron chi connectivity index (χ1n) is 12.5. The molecule has 2 fully saturated rings. The Kier molecular flexibility index (Phi) is 6.12. The lowest BCUT2D eigenvalue weighted by Gasteiger charge is -2.31. The molecule has 3 aliphatic rings. The fraction of sp³-hybridized carbons (Fsp3) is 0.654. The molecule has 4 heteroatoms. The monoisotopic (exact) mass is 407 g/mol. The van der Waals surface area contributed by atoms with Crippen molar-refractivity contribution in [1.29, 1.82) is 0 Å². The first kappa shape index (κ1) is 20.1. The van der Waals surface area contributed by atoms with Crippen LogP contribution >= 0.6 is 0 Å². The summed E-state index contributed by atoms with van der Waals surface area (Å²) in [6.07, 6.45) is 16.8. The second-order valence-electron chi connectivity index (χ2n) is 9.94. The Hall–Kier alpha value is -1.81. The quantitative estimate of drug-likeness (QED) is 0.588. The maximum atomic E-state index is 12.8. The van der Waals surface area contributed by atoms with Gasteiger partial charge >= 0.3 is 0 Å². The van der Waals surface area contributed by atoms with Gasteiger partial charge in [-0.2, -0.15) is 0 Å². The van der Waals surface area contributed by atoms with E-state index in [1.807, 2.05) is 6.07 Å². The van der Waals surface area contributed by atoms with Crippen LogP contribution < -0.4 is 10.6 Å². The Balaban J connectivity index is 1.31. The molecule has 0 spiro atoms. The van der Waals surface area contributed by atoms with E-state index in [0.717, 1.165) is 18.5 Å². The normalized spacial score (nSPS) is 23.4. The smallest absolute Gasteiger partial charge is 0.251 e. The highest BCUT2D eigenvalue weighted by molar-refractivity contribution is 5.99. The highest BCUT2D eigenvalue weighted by Crippen LogP contribution is 2.36. The third-order valence-electron chi connectivity index (χ3n) is 7.79. The van der Waals surface area contributed by atoms with Gasteiger partial charge in [0.2, 0.25) is 0 Å². The number of carbonyl (C=O) groups is 1. The molecule has 1 heterocycles. The van der Waals surface area contributed by atoms with Gasteiger partial charge in [0.25, 0.3) is 5.91 Å². The second-order valence-corrected chi connectivity index (χ2v) is 9.94. The molecule has 3 aliphatic carbocycles. The lowest BCUT2D eigenvalue weighted by molar-refractivity contribution is 0.0943. The van der Waals surface area contributed by atoms with Crippen molar-refractivity contribution in [2.45, 2.75) is 95.6 Å². The van der Waals surface area contributed by atoms with Gasteiger partial charge < -0.3 is 15.6 Å². The summed E-state index contributed by atoms with van der Waals surface area (Å²) < 4.78 is 0. The minimum Gasteiger partial charge on any atom is -0.357 e. The maximum absolute atomic E-state index is 12.8. The van der Waals surface area contributed by atoms with Crippen molar-refractivity contribution in [1.82, 2.24) is 15.6 Å². The summed E-state index contributed by atoms with van der Waals surface area (Å²) in [4.78, 5) is 16.5. The van der Waals surface area contributed by atoms with Crippen LogP contribution in [0.1, 0.15) is 105 Å². The van der Waals surface area contributed by atoms with Crippen molar-refractivity contribution in [2.24, 2.45) is 5.92 Å². The fourth-order valence-electron chi connectivity index (χ4n) is 6.05. The summed E-state index contributed by atoms with van der Waals surface area (Å²) in [6, 6.07) is 7.34. The standard InChI is InChI=1S/C26H37N3O/c30-26(27-17-18-8-3-1-4-9-18)19-14-15-23-22(16-19)21-12-7-13-24(25(21)29-23)28-20-10-5-2-6-11-20/h14-16,18,20,24,28-29H,1-13,17H2,(H,27,30). The Morgan fingerprint density at radius 2 is 1.70 bits per heavy atom. The van der Waals surface area contributed by atoms with E-state index < -0.39 is 0 Å². The Bertz CT molecular complexity index is 874. The van der Waals surface area contributed by atoms with Gasteiger partial charge in [0.15, 0.2) is 0 Å². The van der Waals surface area contributed by atoms with Crippen molar-refractivity contribution in [3.63, 3.8) is 0 Å². The van der Waals surface area contributed by atoms with E-state index in [4.69, 9.17) is 0 Å². The number of fused-ring (bicyclic) bond motifs is 3. The number of benzene rings is 1. The van der Waals surface area contributed by atoms with Crippen LogP contribution in [-0.2, 0) is 6.42 Å². The number of H-pyrrole nitrogens is 1. The molecule has 0 aliphatic heterocycles. The molecule has 1 aromatic heterocycles. The second kappa shape index (κ2) is 9.13. The number of aryl methyl sites for hydroxylation is 1. The van der Waals surface area contributed by atoms with Crippen molar-refractivity contribution in [2.75, 3.05) is 6.54 Å². The van der Waals surface area contributed by atoms with Gasteiger partial charge in [-0.1, -0.05) is 38.5 Å². The number of rotatable bonds is 5. The molecule has 0 bridgehead atoms. The summed E-state index contributed by atoms with van der Waals surface area (Å²) in [5.74, 6) is 0.753. The van der Waals surface area contributed by atoms with E-state index in [1.54, 1.807) is 0 Å². The van der Waals surface area contributed by atoms with Crippen LogP contribution in [0.2, 0.25) is 0 Å². The molecule has 0 radical (unpaired) electrons. The number of aromatic nitrogens is 1. The Labute approximate surface area is 180 Å². The van der Waals surface area contributed by atoms with E-state index in [-0.39, 0.29) is 5.91 Å². The molecule has 0 saturated heterocycles. The average Bonchev–Trinajstić information content (AvgIpc) is 3.18. The van der Waals surface area contributed by atoms with Crippen LogP contribution in [0.25, 0.3) is 10.9 Å². The van der Waals surface area contributed by atoms with Gasteiger partial charge in [0, 0.05) is 40.8 Å². The summed E-state index contributed by atoms with van der Waals surface area (Å²) in [6.45, 7) is 0.829. The summed E-state index contributed by atoms with van der Waals surface area (Å²) in [7, 11) is 0. The zero-order valence-electron chi connectivity index (χ0n) is 18.3. The van der Waals surface area contributed by atoms with E-state index in [9.17, 15) is 4.79 Å². The molecule has 1 unspecified atom stereocenters. The summed E-state index contributed by atoms with van der Waals surface area (Å²) >= 11 is 0. The molecule has 1 aromatic carbocycles. The topological polar surface area (TPSA) is 56.9 Å². The largest absolute Gasteiger partial charge is 0.357 e. The summed E-state index contributed by atoms with van der Waals surface area (Å²) in [5.41, 5.74) is 4.80. The molecule has 162 valence electrons. The fourth-order valence-corrected chi connectivity index (χ4v) is 6.05. The van der Waals surface area contributed by atoms with Gasteiger partial charge in [-0.3, -0.25) is 4.79 Å². The Morgan fingerprint density at radius 3 is 2.50 bits per heavy atom. The van der Waals surface area contributed by atoms with Crippen LogP contribution in [0.5, 0.6) is 0 Å². The van der Waals surface area contributed by atoms with Gasteiger partial charge in [-0.15, -0.1) is 0 Å². The molecule has 30 heavy (non-hydrogen) atoms. The maximum Gasteiger partial charge on any atom is 0.251 e. The lowest BCUT2D eigenvalue weighted by Crippen LogP contribution is -2.36. The molecule has 2 saturated carbocycles. The molecular weight excluding hydrogens is 370 g/mol. The minimum atomic E-state index is 0.0881. The molecule has 5 rings (SSSR count). The van der Waals surface area contributed by atoms with E-state index in [1.165, 1.54) is 99.2 Å². The number of aromatic amines is 1. The van der Waals surface area contributed by atoms with E-state index >= 15 is 0 Å². The highest BCUT2D eigenvalue weighted by atomic mass is 16.1. The van der Waals surface area contributed by atoms with Gasteiger partial charge in [0.05, 0.1) is 0 Å². The van der Waals surface area contributed by atoms with Crippen molar-refractivity contribution >= 4 is 16.8 Å². The number of hydrogen-bond donors (Lipinski definition) is 3. The molecule has 3 N–H and O–H groups in total. The third kappa shape index (κ3) is 4.30. The van der Waals surface area contributed by atoms with Crippen LogP contribution in [0, 0.1) is 5.92 Å². The highest BCUT2D eigenvalue weighted by Gasteiger charge is 2.27. The van der Waals surface area contributed by atoms with Crippen molar-refractivity contribution in [3.05, 3.63) is 35.0 Å². The van der Waals surface area contributed by atoms with Crippen LogP contribution in [-0.4, -0.2) is 23.5 Å². The number of hydrogen-bond acceptors (Lipinski definition) is 2. The van der Waals surface area contributed by atoms with Crippen molar-refractivity contribution < 1.29 is 4.79 Å². The first-order valence-corrected chi connectivity index (χ1v) is 12.5. The molecule has 1 amide bonds. The molecule has 4 nitrogen and oxygen atoms in total. The number of amides is 1. The minimum absolute atomic E-state index is 0.0881. The zero-order chi connectivity index (χ0) is 20.3. The lowest BCUT2D eigenvalue weighted by atomic mass is 9.88. The Morgan fingerprint density at radius 1 is 0.933 bits per heavy atom. The van der Waals surface area contributed by atoms with Crippen molar-refractivity contribution in [3.8, 4) is 0 Å². The van der Waals surface area contributed by atoms with Gasteiger partial charge in [-0.05, 0) is 74.6 Å². The molecule has 1 atom stereocenters. The SMILES string of the molecule is O=C(NCC1CCCCC1)c1ccc2[nH]c3c(c2c1)CCCC3NC1CCCCC1. The molecule has 2 aromatic rings. The third-order valence-corrected chi connectivity index (χ3v) is 7.79. The van der Waals surface area contributed by atoms with E-state index in [0.29, 0.717) is 18.0 Å². The van der Waals surface area contributed by atoms with Gasteiger partial charge in [0.1, 0.15) is 0 Å². The molecular formula is C26H37N3O. The average molecular weight is 408 g/mol. The van der Waals surface area contributed by atoms with Crippen LogP contribution in [0.15, 0.2) is 18.2 Å². The van der Waals surface area contributed by atoms with Crippen LogP contribution in [0.4, 0.5) is 0 Å². The predicted octanol–water partition coefficient (Wildman–Crippen LogP) is 5.78. The van der Waals surface area contributed by atoms with Gasteiger partial charge in [-0.25, -0.2) is 0 Å². The van der Waals surface area contributed by atoms with E-state index in [2.05, 4.69) is 27.8 Å². The first-order chi connectivity index (χ1) is 14.8.